The van der Waals surface area contributed by atoms with Crippen LogP contribution in [0.1, 0.15) is 64.7 Å². The number of hydrogen-bond donors (Lipinski definition) is 4. The van der Waals surface area contributed by atoms with Crippen LogP contribution in [0.3, 0.4) is 0 Å². The van der Waals surface area contributed by atoms with Crippen LogP contribution in [0.4, 0.5) is 0 Å². The van der Waals surface area contributed by atoms with Gasteiger partial charge in [-0.1, -0.05) is 43.2 Å². The maximum absolute atomic E-state index is 13.1. The number of fused-ring (bicyclic) bond motifs is 3. The Morgan fingerprint density at radius 1 is 0.972 bits per heavy atom. The number of hydrogen-bond acceptors (Lipinski definition) is 6. The summed E-state index contributed by atoms with van der Waals surface area (Å²) in [6.07, 6.45) is 2.94. The Kier molecular flexibility index (Phi) is 7.92. The number of carbonyl (C=O) groups is 3. The normalized spacial score (nSPS) is 11.8. The van der Waals surface area contributed by atoms with Crippen molar-refractivity contribution in [2.75, 3.05) is 7.11 Å². The zero-order chi connectivity index (χ0) is 25.5. The van der Waals surface area contributed by atoms with Gasteiger partial charge in [-0.05, 0) is 48.6 Å². The number of amides is 2. The van der Waals surface area contributed by atoms with Gasteiger partial charge in [0.15, 0.2) is 0 Å². The van der Waals surface area contributed by atoms with E-state index in [1.807, 2.05) is 36.4 Å². The third-order valence-corrected chi connectivity index (χ3v) is 6.12. The second-order valence-electron chi connectivity index (χ2n) is 8.53. The van der Waals surface area contributed by atoms with E-state index in [4.69, 9.17) is 14.9 Å². The van der Waals surface area contributed by atoms with Crippen molar-refractivity contribution in [1.29, 1.82) is 0 Å². The number of aromatic nitrogens is 2. The summed E-state index contributed by atoms with van der Waals surface area (Å²) in [5, 5.41) is 13.8. The Morgan fingerprint density at radius 2 is 1.72 bits per heavy atom. The lowest BCUT2D eigenvalue weighted by Crippen LogP contribution is -2.29. The highest BCUT2D eigenvalue weighted by Gasteiger charge is 2.20. The molecular formula is C27H28N4O5. The summed E-state index contributed by atoms with van der Waals surface area (Å²) in [7, 11) is 1.31. The lowest BCUT2D eigenvalue weighted by atomic mass is 10.1. The van der Waals surface area contributed by atoms with Crippen LogP contribution in [0.15, 0.2) is 60.7 Å². The number of methoxy groups -OCH3 is 1. The Hall–Kier alpha value is -4.24. The summed E-state index contributed by atoms with van der Waals surface area (Å²) in [5.74, 6) is -0.529. The van der Waals surface area contributed by atoms with Crippen molar-refractivity contribution in [3.8, 4) is 0 Å². The van der Waals surface area contributed by atoms with Crippen LogP contribution in [0.5, 0.6) is 0 Å². The molecule has 1 atom stereocenters. The van der Waals surface area contributed by atoms with Crippen LogP contribution in [-0.2, 0) is 9.53 Å². The van der Waals surface area contributed by atoms with Gasteiger partial charge in [0.05, 0.1) is 29.7 Å². The molecule has 0 radical (unpaired) electrons. The van der Waals surface area contributed by atoms with E-state index in [-0.39, 0.29) is 12.3 Å². The fraction of sp³-hybridized carbons (Fsp3) is 0.259. The Morgan fingerprint density at radius 3 is 2.47 bits per heavy atom. The average molecular weight is 489 g/mol. The van der Waals surface area contributed by atoms with Crippen molar-refractivity contribution in [3.05, 3.63) is 77.6 Å². The van der Waals surface area contributed by atoms with E-state index in [1.165, 1.54) is 7.11 Å². The summed E-state index contributed by atoms with van der Waals surface area (Å²) in [4.78, 5) is 44.2. The molecular weight excluding hydrogens is 460 g/mol. The van der Waals surface area contributed by atoms with Gasteiger partial charge in [-0.25, -0.2) is 15.3 Å². The molecule has 0 aliphatic carbocycles. The molecule has 1 heterocycles. The number of benzene rings is 3. The van der Waals surface area contributed by atoms with E-state index in [0.717, 1.165) is 34.6 Å². The molecule has 186 valence electrons. The molecule has 4 N–H and O–H groups in total. The number of nitrogens with one attached hydrogen (secondary N) is 3. The Bertz CT molecular complexity index is 1380. The van der Waals surface area contributed by atoms with E-state index in [1.54, 1.807) is 29.7 Å². The van der Waals surface area contributed by atoms with Crippen molar-refractivity contribution < 1.29 is 24.3 Å². The Balaban J connectivity index is 1.55. The zero-order valence-corrected chi connectivity index (χ0v) is 19.9. The number of ether oxygens (including phenoxy) is 1. The topological polar surface area (TPSA) is 133 Å². The minimum absolute atomic E-state index is 0.233. The lowest BCUT2D eigenvalue weighted by molar-refractivity contribution is -0.129. The molecule has 0 aliphatic rings. The van der Waals surface area contributed by atoms with Crippen molar-refractivity contribution in [2.45, 2.75) is 38.1 Å². The summed E-state index contributed by atoms with van der Waals surface area (Å²) >= 11 is 0. The predicted molar refractivity (Wildman–Crippen MR) is 135 cm³/mol. The predicted octanol–water partition coefficient (Wildman–Crippen LogP) is 4.43. The van der Waals surface area contributed by atoms with Gasteiger partial charge in [0.25, 0.3) is 5.91 Å². The van der Waals surface area contributed by atoms with Crippen molar-refractivity contribution in [3.63, 3.8) is 0 Å². The minimum atomic E-state index is -0.468. The first kappa shape index (κ1) is 24.9. The first-order valence-corrected chi connectivity index (χ1v) is 11.8. The largest absolute Gasteiger partial charge is 0.465 e. The van der Waals surface area contributed by atoms with Crippen molar-refractivity contribution in [1.82, 2.24) is 20.8 Å². The van der Waals surface area contributed by atoms with Crippen LogP contribution in [0, 0.1) is 0 Å². The van der Waals surface area contributed by atoms with E-state index in [2.05, 4.69) is 10.3 Å². The molecule has 0 aliphatic heterocycles. The maximum atomic E-state index is 13.1. The molecule has 0 saturated heterocycles. The summed E-state index contributed by atoms with van der Waals surface area (Å²) < 4.78 is 4.71. The molecule has 0 spiro atoms. The number of H-pyrrole nitrogens is 1. The second kappa shape index (κ2) is 11.5. The molecule has 0 bridgehead atoms. The van der Waals surface area contributed by atoms with Gasteiger partial charge in [-0.3, -0.25) is 14.8 Å². The van der Waals surface area contributed by atoms with Gasteiger partial charge < -0.3 is 15.0 Å². The Labute approximate surface area is 207 Å². The van der Waals surface area contributed by atoms with Gasteiger partial charge >= 0.3 is 5.97 Å². The molecule has 9 heteroatoms. The third kappa shape index (κ3) is 5.69. The smallest absolute Gasteiger partial charge is 0.337 e. The first-order chi connectivity index (χ1) is 17.5. The fourth-order valence-electron chi connectivity index (χ4n) is 4.19. The molecule has 0 fully saturated rings. The molecule has 3 aromatic carbocycles. The van der Waals surface area contributed by atoms with Crippen LogP contribution in [0.25, 0.3) is 21.8 Å². The molecule has 4 rings (SSSR count). The van der Waals surface area contributed by atoms with Crippen molar-refractivity contribution >= 4 is 39.6 Å². The van der Waals surface area contributed by atoms with Crippen LogP contribution >= 0.6 is 0 Å². The molecule has 0 unspecified atom stereocenters. The van der Waals surface area contributed by atoms with E-state index >= 15 is 0 Å². The highest BCUT2D eigenvalue weighted by molar-refractivity contribution is 6.04. The minimum Gasteiger partial charge on any atom is -0.465 e. The van der Waals surface area contributed by atoms with Crippen LogP contribution in [-0.4, -0.2) is 40.1 Å². The van der Waals surface area contributed by atoms with Gasteiger partial charge in [0.2, 0.25) is 5.91 Å². The molecule has 4 aromatic rings. The number of unbranched alkanes of at least 4 members (excludes halogenated alkanes) is 2. The molecule has 36 heavy (non-hydrogen) atoms. The molecule has 0 saturated carbocycles. The highest BCUT2D eigenvalue weighted by Crippen LogP contribution is 2.27. The second-order valence-corrected chi connectivity index (χ2v) is 8.53. The fourth-order valence-corrected chi connectivity index (χ4v) is 4.19. The molecule has 1 aromatic heterocycles. The number of carbonyl (C=O) groups excluding carboxylic acids is 3. The van der Waals surface area contributed by atoms with Gasteiger partial charge in [0, 0.05) is 17.4 Å². The zero-order valence-electron chi connectivity index (χ0n) is 19.9. The average Bonchev–Trinajstić information content (AvgIpc) is 3.36. The number of hydroxylamine groups is 1. The number of nitrogens with zero attached hydrogens (tertiary/aromatic N) is 1. The van der Waals surface area contributed by atoms with E-state index < -0.39 is 17.9 Å². The summed E-state index contributed by atoms with van der Waals surface area (Å²) in [6, 6.07) is 17.9. The van der Waals surface area contributed by atoms with Gasteiger partial charge in [0.1, 0.15) is 5.82 Å². The number of rotatable bonds is 10. The lowest BCUT2D eigenvalue weighted by Gasteiger charge is -2.17. The number of aromatic amines is 1. The SMILES string of the molecule is COC(=O)c1ccc(C(=O)N[C@@H](CCCCCC(=O)NO)c2nc3c(ccc4ccccc43)[nH]2)cc1. The van der Waals surface area contributed by atoms with Crippen LogP contribution < -0.4 is 10.8 Å². The first-order valence-electron chi connectivity index (χ1n) is 11.8. The third-order valence-electron chi connectivity index (χ3n) is 6.12. The van der Waals surface area contributed by atoms with E-state index in [0.29, 0.717) is 29.8 Å². The molecule has 2 amide bonds. The van der Waals surface area contributed by atoms with Gasteiger partial charge in [-0.15, -0.1) is 0 Å². The maximum Gasteiger partial charge on any atom is 0.337 e. The van der Waals surface area contributed by atoms with Gasteiger partial charge in [-0.2, -0.15) is 0 Å². The molecule has 9 nitrogen and oxygen atoms in total. The number of esters is 1. The number of imidazole rings is 1. The monoisotopic (exact) mass is 488 g/mol. The standard InChI is InChI=1S/C27H28N4O5/c1-36-27(34)19-13-11-18(12-14-19)26(33)29-22(9-3-2-4-10-23(32)31-35)25-28-21-16-15-17-7-5-6-8-20(17)24(21)30-25/h5-8,11-16,22,35H,2-4,9-10H2,1H3,(H,28,30)(H,29,33)(H,31,32)/t22-/m0/s1. The van der Waals surface area contributed by atoms with Crippen LogP contribution in [0.2, 0.25) is 0 Å². The summed E-state index contributed by atoms with van der Waals surface area (Å²) in [6.45, 7) is 0. The van der Waals surface area contributed by atoms with E-state index in [9.17, 15) is 14.4 Å². The summed E-state index contributed by atoms with van der Waals surface area (Å²) in [5.41, 5.74) is 4.13. The highest BCUT2D eigenvalue weighted by atomic mass is 16.5. The quantitative estimate of drug-likeness (QED) is 0.113. The van der Waals surface area contributed by atoms with Crippen molar-refractivity contribution in [2.24, 2.45) is 0 Å².